The molecule has 2 heteroatoms. The fourth-order valence-electron chi connectivity index (χ4n) is 1.56. The molecule has 0 N–H and O–H groups in total. The molecule has 0 spiro atoms. The average Bonchev–Trinajstić information content (AvgIpc) is 2.57. The lowest BCUT2D eigenvalue weighted by Crippen LogP contribution is -2.01. The second-order valence-electron chi connectivity index (χ2n) is 4.12. The van der Waals surface area contributed by atoms with Crippen LogP contribution < -0.4 is 0 Å². The van der Waals surface area contributed by atoms with Gasteiger partial charge in [-0.05, 0) is 48.7 Å². The first kappa shape index (κ1) is 10.7. The summed E-state index contributed by atoms with van der Waals surface area (Å²) < 4.78 is 6.99. The van der Waals surface area contributed by atoms with Gasteiger partial charge >= 0.3 is 0 Å². The number of benzene rings is 1. The van der Waals surface area contributed by atoms with Gasteiger partial charge in [0.2, 0.25) is 0 Å². The summed E-state index contributed by atoms with van der Waals surface area (Å²) in [6, 6.07) is 6.59. The van der Waals surface area contributed by atoms with E-state index >= 15 is 0 Å². The third kappa shape index (κ3) is 2.39. The van der Waals surface area contributed by atoms with Crippen molar-refractivity contribution in [1.82, 2.24) is 0 Å². The Hall–Kier alpha value is -0.860. The molecule has 0 saturated carbocycles. The maximum absolute atomic E-state index is 5.63. The van der Waals surface area contributed by atoms with Crippen LogP contribution in [0.4, 0.5) is 0 Å². The van der Waals surface area contributed by atoms with Crippen LogP contribution in [0.15, 0.2) is 23.6 Å². The van der Waals surface area contributed by atoms with Crippen LogP contribution in [-0.4, -0.2) is 6.10 Å². The van der Waals surface area contributed by atoms with Gasteiger partial charge in [-0.25, -0.2) is 0 Å². The van der Waals surface area contributed by atoms with Crippen LogP contribution in [0.1, 0.15) is 25.0 Å². The van der Waals surface area contributed by atoms with Gasteiger partial charge in [-0.1, -0.05) is 12.1 Å². The quantitative estimate of drug-likeness (QED) is 0.755. The molecule has 1 heterocycles. The summed E-state index contributed by atoms with van der Waals surface area (Å²) >= 11 is 1.80. The molecule has 0 atom stereocenters. The number of thiophene rings is 1. The van der Waals surface area contributed by atoms with Crippen molar-refractivity contribution in [3.8, 4) is 0 Å². The normalized spacial score (nSPS) is 11.5. The van der Waals surface area contributed by atoms with Crippen LogP contribution in [0.3, 0.4) is 0 Å². The molecule has 0 aliphatic rings. The predicted molar refractivity (Wildman–Crippen MR) is 66.5 cm³/mol. The molecule has 1 nitrogen and oxygen atoms in total. The molecule has 80 valence electrons. The standard InChI is InChI=1S/C13H16OS/c1-9(2)14-7-11-8-15-13-6-10(3)4-5-12(11)13/h4-6,8-9H,7H2,1-3H3. The SMILES string of the molecule is Cc1ccc2c(COC(C)C)csc2c1. The average molecular weight is 220 g/mol. The molecule has 2 rings (SSSR count). The number of hydrogen-bond acceptors (Lipinski definition) is 2. The summed E-state index contributed by atoms with van der Waals surface area (Å²) in [4.78, 5) is 0. The molecule has 0 amide bonds. The third-order valence-corrected chi connectivity index (χ3v) is 3.38. The number of aryl methyl sites for hydroxylation is 1. The highest BCUT2D eigenvalue weighted by molar-refractivity contribution is 7.17. The van der Waals surface area contributed by atoms with E-state index in [1.54, 1.807) is 11.3 Å². The number of rotatable bonds is 3. The second-order valence-corrected chi connectivity index (χ2v) is 5.03. The first-order valence-corrected chi connectivity index (χ1v) is 6.13. The van der Waals surface area contributed by atoms with Crippen molar-refractivity contribution in [3.63, 3.8) is 0 Å². The van der Waals surface area contributed by atoms with E-state index in [1.807, 2.05) is 0 Å². The van der Waals surface area contributed by atoms with Crippen molar-refractivity contribution in [3.05, 3.63) is 34.7 Å². The molecule has 0 unspecified atom stereocenters. The topological polar surface area (TPSA) is 9.23 Å². The van der Waals surface area contributed by atoms with Gasteiger partial charge in [0.05, 0.1) is 12.7 Å². The van der Waals surface area contributed by atoms with Crippen molar-refractivity contribution in [2.75, 3.05) is 0 Å². The Bertz CT molecular complexity index is 457. The van der Waals surface area contributed by atoms with Gasteiger partial charge in [0.25, 0.3) is 0 Å². The summed E-state index contributed by atoms with van der Waals surface area (Å²) in [6.07, 6.45) is 0.297. The van der Waals surface area contributed by atoms with Crippen molar-refractivity contribution in [1.29, 1.82) is 0 Å². The summed E-state index contributed by atoms with van der Waals surface area (Å²) in [5, 5.41) is 3.54. The van der Waals surface area contributed by atoms with Crippen LogP contribution in [-0.2, 0) is 11.3 Å². The third-order valence-electron chi connectivity index (χ3n) is 2.38. The van der Waals surface area contributed by atoms with E-state index < -0.39 is 0 Å². The minimum atomic E-state index is 0.297. The lowest BCUT2D eigenvalue weighted by molar-refractivity contribution is 0.0666. The Balaban J connectivity index is 2.29. The largest absolute Gasteiger partial charge is 0.374 e. The van der Waals surface area contributed by atoms with E-state index in [2.05, 4.69) is 44.4 Å². The zero-order chi connectivity index (χ0) is 10.8. The number of hydrogen-bond donors (Lipinski definition) is 0. The Morgan fingerprint density at radius 3 is 2.87 bits per heavy atom. The molecule has 0 radical (unpaired) electrons. The molecule has 2 aromatic rings. The van der Waals surface area contributed by atoms with Gasteiger partial charge in [-0.3, -0.25) is 0 Å². The molecule has 0 saturated heterocycles. The molecule has 15 heavy (non-hydrogen) atoms. The molecule has 0 aliphatic carbocycles. The number of ether oxygens (including phenoxy) is 1. The fourth-order valence-corrected chi connectivity index (χ4v) is 2.60. The van der Waals surface area contributed by atoms with Crippen LogP contribution in [0.5, 0.6) is 0 Å². The maximum atomic E-state index is 5.63. The van der Waals surface area contributed by atoms with E-state index in [0.29, 0.717) is 6.10 Å². The molecule has 1 aromatic heterocycles. The monoisotopic (exact) mass is 220 g/mol. The molecule has 1 aromatic carbocycles. The van der Waals surface area contributed by atoms with Crippen molar-refractivity contribution < 1.29 is 4.74 Å². The summed E-state index contributed by atoms with van der Waals surface area (Å²) in [7, 11) is 0. The van der Waals surface area contributed by atoms with E-state index in [-0.39, 0.29) is 0 Å². The Morgan fingerprint density at radius 1 is 1.33 bits per heavy atom. The van der Waals surface area contributed by atoms with Gasteiger partial charge in [0, 0.05) is 4.70 Å². The second kappa shape index (κ2) is 4.33. The fraction of sp³-hybridized carbons (Fsp3) is 0.385. The highest BCUT2D eigenvalue weighted by Gasteiger charge is 2.04. The Labute approximate surface area is 94.7 Å². The van der Waals surface area contributed by atoms with Crippen LogP contribution in [0, 0.1) is 6.92 Å². The molecule has 0 aliphatic heterocycles. The highest BCUT2D eigenvalue weighted by atomic mass is 32.1. The van der Waals surface area contributed by atoms with Crippen molar-refractivity contribution >= 4 is 21.4 Å². The van der Waals surface area contributed by atoms with Gasteiger partial charge < -0.3 is 4.74 Å². The van der Waals surface area contributed by atoms with Crippen LogP contribution >= 0.6 is 11.3 Å². The van der Waals surface area contributed by atoms with E-state index in [1.165, 1.54) is 21.2 Å². The lowest BCUT2D eigenvalue weighted by atomic mass is 10.1. The van der Waals surface area contributed by atoms with Crippen molar-refractivity contribution in [2.24, 2.45) is 0 Å². The summed E-state index contributed by atoms with van der Waals surface area (Å²) in [6.45, 7) is 6.99. The Morgan fingerprint density at radius 2 is 2.13 bits per heavy atom. The van der Waals surface area contributed by atoms with E-state index in [4.69, 9.17) is 4.74 Å². The highest BCUT2D eigenvalue weighted by Crippen LogP contribution is 2.27. The zero-order valence-corrected chi connectivity index (χ0v) is 10.2. The Kier molecular flexibility index (Phi) is 3.08. The van der Waals surface area contributed by atoms with Gasteiger partial charge in [0.1, 0.15) is 0 Å². The number of fused-ring (bicyclic) bond motifs is 1. The predicted octanol–water partition coefficient (Wildman–Crippen LogP) is 4.13. The van der Waals surface area contributed by atoms with Crippen LogP contribution in [0.25, 0.3) is 10.1 Å². The summed E-state index contributed by atoms with van der Waals surface area (Å²) in [5.41, 5.74) is 2.63. The molecule has 0 bridgehead atoms. The maximum Gasteiger partial charge on any atom is 0.0734 e. The van der Waals surface area contributed by atoms with Gasteiger partial charge in [-0.15, -0.1) is 11.3 Å². The molecular formula is C13H16OS. The van der Waals surface area contributed by atoms with Gasteiger partial charge in [0.15, 0.2) is 0 Å². The van der Waals surface area contributed by atoms with Gasteiger partial charge in [-0.2, -0.15) is 0 Å². The van der Waals surface area contributed by atoms with E-state index in [0.717, 1.165) is 6.61 Å². The summed E-state index contributed by atoms with van der Waals surface area (Å²) in [5.74, 6) is 0. The van der Waals surface area contributed by atoms with Crippen LogP contribution in [0.2, 0.25) is 0 Å². The smallest absolute Gasteiger partial charge is 0.0734 e. The minimum Gasteiger partial charge on any atom is -0.374 e. The van der Waals surface area contributed by atoms with E-state index in [9.17, 15) is 0 Å². The molecular weight excluding hydrogens is 204 g/mol. The first-order valence-electron chi connectivity index (χ1n) is 5.25. The first-order chi connectivity index (χ1) is 7.16. The molecule has 0 fully saturated rings. The lowest BCUT2D eigenvalue weighted by Gasteiger charge is -2.06. The zero-order valence-electron chi connectivity index (χ0n) is 9.41. The minimum absolute atomic E-state index is 0.297. The van der Waals surface area contributed by atoms with Crippen molar-refractivity contribution in [2.45, 2.75) is 33.5 Å².